The fraction of sp³-hybridized carbons (Fsp3) is 0.364. The number of hydrogen-bond donors (Lipinski definition) is 0. The number of methoxy groups -OCH3 is 1. The first kappa shape index (κ1) is 13.8. The average Bonchev–Trinajstić information content (AvgIpc) is 2.37. The van der Waals surface area contributed by atoms with E-state index in [9.17, 15) is 13.6 Å². The number of halogens is 2. The Morgan fingerprint density at radius 1 is 1.61 bits per heavy atom. The normalized spacial score (nSPS) is 10.0. The molecule has 0 atom stereocenters. The molecule has 1 rings (SSSR count). The Labute approximate surface area is 102 Å². The lowest BCUT2D eigenvalue weighted by atomic mass is 10.1. The van der Waals surface area contributed by atoms with Gasteiger partial charge >= 0.3 is 5.97 Å². The lowest BCUT2D eigenvalue weighted by molar-refractivity contribution is 0.0509. The molecule has 18 heavy (non-hydrogen) atoms. The van der Waals surface area contributed by atoms with Gasteiger partial charge < -0.3 is 9.47 Å². The largest absolute Gasteiger partial charge is 0.496 e. The van der Waals surface area contributed by atoms with E-state index in [0.29, 0.717) is 0 Å². The van der Waals surface area contributed by atoms with E-state index in [1.165, 1.54) is 7.11 Å². The molecule has 0 spiro atoms. The minimum absolute atomic E-state index is 0.0324. The third kappa shape index (κ3) is 2.71. The molecule has 0 aliphatic heterocycles. The highest BCUT2D eigenvalue weighted by molar-refractivity contribution is 5.94. The standard InChI is InChI=1S/C11H10F2N2O3/c1-3-18-11(16)8-7(17-2)4-6(5-14)15-9(8)10(12)13/h4,10H,3H2,1-2H3. The fourth-order valence-corrected chi connectivity index (χ4v) is 1.33. The van der Waals surface area contributed by atoms with Crippen molar-refractivity contribution in [3.05, 3.63) is 23.0 Å². The Hall–Kier alpha value is -2.23. The Morgan fingerprint density at radius 2 is 2.28 bits per heavy atom. The molecule has 0 bridgehead atoms. The molecular formula is C11H10F2N2O3. The summed E-state index contributed by atoms with van der Waals surface area (Å²) in [4.78, 5) is 15.0. The van der Waals surface area contributed by atoms with Gasteiger partial charge in [0.05, 0.1) is 13.7 Å². The van der Waals surface area contributed by atoms with Crippen molar-refractivity contribution in [1.82, 2.24) is 4.98 Å². The number of nitriles is 1. The summed E-state index contributed by atoms with van der Waals surface area (Å²) in [5.41, 5.74) is -1.52. The molecule has 7 heteroatoms. The van der Waals surface area contributed by atoms with Gasteiger partial charge in [0.25, 0.3) is 6.43 Å². The summed E-state index contributed by atoms with van der Waals surface area (Å²) in [6, 6.07) is 2.73. The van der Waals surface area contributed by atoms with E-state index in [1.807, 2.05) is 0 Å². The van der Waals surface area contributed by atoms with Gasteiger partial charge in [-0.15, -0.1) is 0 Å². The zero-order valence-electron chi connectivity index (χ0n) is 9.74. The molecule has 0 aromatic carbocycles. The van der Waals surface area contributed by atoms with E-state index >= 15 is 0 Å². The van der Waals surface area contributed by atoms with Crippen LogP contribution in [0.15, 0.2) is 6.07 Å². The first-order valence-corrected chi connectivity index (χ1v) is 4.99. The summed E-state index contributed by atoms with van der Waals surface area (Å²) in [5, 5.41) is 8.67. The fourth-order valence-electron chi connectivity index (χ4n) is 1.33. The molecule has 0 saturated heterocycles. The van der Waals surface area contributed by atoms with Crippen molar-refractivity contribution in [3.8, 4) is 11.8 Å². The molecule has 0 saturated carbocycles. The number of ether oxygens (including phenoxy) is 2. The topological polar surface area (TPSA) is 72.2 Å². The van der Waals surface area contributed by atoms with Crippen molar-refractivity contribution in [2.75, 3.05) is 13.7 Å². The average molecular weight is 256 g/mol. The number of rotatable bonds is 4. The summed E-state index contributed by atoms with van der Waals surface area (Å²) < 4.78 is 35.1. The van der Waals surface area contributed by atoms with Crippen LogP contribution >= 0.6 is 0 Å². The zero-order chi connectivity index (χ0) is 13.7. The van der Waals surface area contributed by atoms with Gasteiger partial charge in [0.2, 0.25) is 0 Å². The van der Waals surface area contributed by atoms with Crippen LogP contribution in [0.3, 0.4) is 0 Å². The van der Waals surface area contributed by atoms with Crippen LogP contribution in [-0.4, -0.2) is 24.7 Å². The minimum Gasteiger partial charge on any atom is -0.496 e. The summed E-state index contributed by atoms with van der Waals surface area (Å²) in [5.74, 6) is -1.11. The number of pyridine rings is 1. The maximum Gasteiger partial charge on any atom is 0.344 e. The van der Waals surface area contributed by atoms with Crippen LogP contribution in [0.25, 0.3) is 0 Å². The summed E-state index contributed by atoms with van der Waals surface area (Å²) >= 11 is 0. The van der Waals surface area contributed by atoms with Gasteiger partial charge in [-0.2, -0.15) is 5.26 Å². The lowest BCUT2D eigenvalue weighted by Crippen LogP contribution is -2.13. The van der Waals surface area contributed by atoms with Crippen LogP contribution in [0.1, 0.15) is 35.1 Å². The third-order valence-corrected chi connectivity index (χ3v) is 2.03. The zero-order valence-corrected chi connectivity index (χ0v) is 9.74. The SMILES string of the molecule is CCOC(=O)c1c(OC)cc(C#N)nc1C(F)F. The van der Waals surface area contributed by atoms with Crippen molar-refractivity contribution >= 4 is 5.97 Å². The predicted octanol–water partition coefficient (Wildman–Crippen LogP) is 2.08. The van der Waals surface area contributed by atoms with E-state index in [4.69, 9.17) is 10.00 Å². The van der Waals surface area contributed by atoms with Crippen molar-refractivity contribution in [2.45, 2.75) is 13.3 Å². The lowest BCUT2D eigenvalue weighted by Gasteiger charge is -2.12. The van der Waals surface area contributed by atoms with E-state index < -0.39 is 23.7 Å². The van der Waals surface area contributed by atoms with Gasteiger partial charge in [0.15, 0.2) is 0 Å². The highest BCUT2D eigenvalue weighted by atomic mass is 19.3. The molecule has 0 amide bonds. The van der Waals surface area contributed by atoms with Crippen molar-refractivity contribution in [2.24, 2.45) is 0 Å². The number of esters is 1. The van der Waals surface area contributed by atoms with Gasteiger partial charge in [0, 0.05) is 6.07 Å². The molecule has 1 heterocycles. The van der Waals surface area contributed by atoms with Crippen molar-refractivity contribution in [3.63, 3.8) is 0 Å². The van der Waals surface area contributed by atoms with Crippen LogP contribution in [-0.2, 0) is 4.74 Å². The molecule has 0 aliphatic rings. The van der Waals surface area contributed by atoms with Gasteiger partial charge in [-0.05, 0) is 6.92 Å². The number of nitrogens with zero attached hydrogens (tertiary/aromatic N) is 2. The van der Waals surface area contributed by atoms with Crippen LogP contribution in [0.5, 0.6) is 5.75 Å². The molecule has 0 unspecified atom stereocenters. The van der Waals surface area contributed by atoms with Crippen molar-refractivity contribution < 1.29 is 23.0 Å². The van der Waals surface area contributed by atoms with Crippen molar-refractivity contribution in [1.29, 1.82) is 5.26 Å². The van der Waals surface area contributed by atoms with Gasteiger partial charge in [-0.25, -0.2) is 18.6 Å². The summed E-state index contributed by atoms with van der Waals surface area (Å²) in [7, 11) is 1.20. The quantitative estimate of drug-likeness (QED) is 0.771. The number of carbonyl (C=O) groups is 1. The third-order valence-electron chi connectivity index (χ3n) is 2.03. The Balaban J connectivity index is 3.45. The molecule has 0 fully saturated rings. The maximum absolute atomic E-state index is 12.8. The number of alkyl halides is 2. The summed E-state index contributed by atoms with van der Waals surface area (Å²) in [6.07, 6.45) is -3.01. The van der Waals surface area contributed by atoms with Crippen LogP contribution in [0.2, 0.25) is 0 Å². The Morgan fingerprint density at radius 3 is 2.72 bits per heavy atom. The van der Waals surface area contributed by atoms with E-state index in [2.05, 4.69) is 9.72 Å². The molecular weight excluding hydrogens is 246 g/mol. The van der Waals surface area contributed by atoms with Crippen LogP contribution < -0.4 is 4.74 Å². The molecule has 0 N–H and O–H groups in total. The molecule has 0 radical (unpaired) electrons. The first-order valence-electron chi connectivity index (χ1n) is 4.99. The molecule has 1 aromatic rings. The second-order valence-electron chi connectivity index (χ2n) is 3.10. The minimum atomic E-state index is -3.01. The summed E-state index contributed by atoms with van der Waals surface area (Å²) in [6.45, 7) is 1.58. The van der Waals surface area contributed by atoms with Gasteiger partial charge in [0.1, 0.15) is 28.8 Å². The second kappa shape index (κ2) is 5.91. The molecule has 0 aliphatic carbocycles. The smallest absolute Gasteiger partial charge is 0.344 e. The molecule has 1 aromatic heterocycles. The van der Waals surface area contributed by atoms with E-state index in [1.54, 1.807) is 13.0 Å². The van der Waals surface area contributed by atoms with Gasteiger partial charge in [-0.3, -0.25) is 0 Å². The van der Waals surface area contributed by atoms with E-state index in [-0.39, 0.29) is 18.1 Å². The number of carbonyl (C=O) groups excluding carboxylic acids is 1. The monoisotopic (exact) mass is 256 g/mol. The Kier molecular flexibility index (Phi) is 4.54. The number of hydrogen-bond acceptors (Lipinski definition) is 5. The molecule has 96 valence electrons. The molecule has 5 nitrogen and oxygen atoms in total. The first-order chi connectivity index (χ1) is 8.54. The second-order valence-corrected chi connectivity index (χ2v) is 3.10. The van der Waals surface area contributed by atoms with E-state index in [0.717, 1.165) is 6.07 Å². The number of aromatic nitrogens is 1. The predicted molar refractivity (Wildman–Crippen MR) is 56.4 cm³/mol. The highest BCUT2D eigenvalue weighted by Gasteiger charge is 2.26. The maximum atomic E-state index is 12.8. The Bertz CT molecular complexity index is 498. The highest BCUT2D eigenvalue weighted by Crippen LogP contribution is 2.29. The van der Waals surface area contributed by atoms with Crippen LogP contribution in [0.4, 0.5) is 8.78 Å². The van der Waals surface area contributed by atoms with Crippen LogP contribution in [0, 0.1) is 11.3 Å². The van der Waals surface area contributed by atoms with Gasteiger partial charge in [-0.1, -0.05) is 0 Å².